The van der Waals surface area contributed by atoms with E-state index in [-0.39, 0.29) is 17.0 Å². The highest BCUT2D eigenvalue weighted by molar-refractivity contribution is 5.93. The van der Waals surface area contributed by atoms with Crippen LogP contribution in [0.3, 0.4) is 0 Å². The Bertz CT molecular complexity index is 1020. The number of nitrogens with zero attached hydrogens (tertiary/aromatic N) is 2. The van der Waals surface area contributed by atoms with Crippen LogP contribution in [0, 0.1) is 6.92 Å². The van der Waals surface area contributed by atoms with Gasteiger partial charge in [-0.1, -0.05) is 30.3 Å². The minimum Gasteiger partial charge on any atom is -0.445 e. The van der Waals surface area contributed by atoms with Crippen molar-refractivity contribution in [2.45, 2.75) is 32.7 Å². The first-order valence-electron chi connectivity index (χ1n) is 9.11. The molecule has 0 unspecified atom stereocenters. The molecule has 27 heavy (non-hydrogen) atoms. The van der Waals surface area contributed by atoms with Gasteiger partial charge in [-0.15, -0.1) is 0 Å². The van der Waals surface area contributed by atoms with Crippen LogP contribution in [0.4, 0.5) is 0 Å². The number of carbonyl (C=O) groups excluding carboxylic acids is 1. The fourth-order valence-corrected chi connectivity index (χ4v) is 3.34. The van der Waals surface area contributed by atoms with Crippen molar-refractivity contribution in [2.75, 3.05) is 6.54 Å². The van der Waals surface area contributed by atoms with Crippen LogP contribution >= 0.6 is 0 Å². The Morgan fingerprint density at radius 3 is 2.78 bits per heavy atom. The number of hydrogen-bond acceptors (Lipinski definition) is 4. The van der Waals surface area contributed by atoms with Crippen molar-refractivity contribution in [3.8, 4) is 0 Å². The molecule has 6 heteroatoms. The first-order valence-corrected chi connectivity index (χ1v) is 9.11. The van der Waals surface area contributed by atoms with E-state index in [1.807, 2.05) is 18.2 Å². The number of rotatable bonds is 4. The summed E-state index contributed by atoms with van der Waals surface area (Å²) in [4.78, 5) is 33.7. The minimum atomic E-state index is -0.352. The third kappa shape index (κ3) is 3.69. The molecule has 0 fully saturated rings. The molecule has 3 aromatic rings. The number of fused-ring (bicyclic) bond motifs is 1. The van der Waals surface area contributed by atoms with Gasteiger partial charge in [0.05, 0.1) is 6.54 Å². The molecule has 6 nitrogen and oxygen atoms in total. The first-order chi connectivity index (χ1) is 13.1. The van der Waals surface area contributed by atoms with E-state index in [2.05, 4.69) is 22.1 Å². The summed E-state index contributed by atoms with van der Waals surface area (Å²) in [7, 11) is 0. The van der Waals surface area contributed by atoms with Gasteiger partial charge in [-0.3, -0.25) is 9.59 Å². The predicted octanol–water partition coefficient (Wildman–Crippen LogP) is 2.66. The van der Waals surface area contributed by atoms with Gasteiger partial charge in [0, 0.05) is 25.1 Å². The zero-order valence-corrected chi connectivity index (χ0v) is 15.2. The Morgan fingerprint density at radius 2 is 2.00 bits per heavy atom. The zero-order valence-electron chi connectivity index (χ0n) is 15.2. The summed E-state index contributed by atoms with van der Waals surface area (Å²) in [6.45, 7) is 2.68. The highest BCUT2D eigenvalue weighted by atomic mass is 16.4. The molecular weight excluding hydrogens is 342 g/mol. The van der Waals surface area contributed by atoms with E-state index >= 15 is 0 Å². The van der Waals surface area contributed by atoms with Crippen molar-refractivity contribution in [1.82, 2.24) is 14.9 Å². The Labute approximate surface area is 156 Å². The van der Waals surface area contributed by atoms with Gasteiger partial charge < -0.3 is 14.3 Å². The van der Waals surface area contributed by atoms with Crippen LogP contribution in [-0.4, -0.2) is 27.3 Å². The molecule has 1 N–H and O–H groups in total. The number of nitrogens with one attached hydrogen (secondary N) is 1. The number of amides is 1. The Balaban J connectivity index is 1.46. The molecule has 1 aromatic carbocycles. The minimum absolute atomic E-state index is 0.164. The number of carbonyl (C=O) groups is 1. The second-order valence-electron chi connectivity index (χ2n) is 6.82. The Morgan fingerprint density at radius 1 is 1.19 bits per heavy atom. The second-order valence-corrected chi connectivity index (χ2v) is 6.82. The van der Waals surface area contributed by atoms with Crippen molar-refractivity contribution in [3.05, 3.63) is 87.0 Å². The highest BCUT2D eigenvalue weighted by Crippen LogP contribution is 2.21. The molecule has 0 saturated heterocycles. The molecule has 3 heterocycles. The smallest absolute Gasteiger partial charge is 0.260 e. The molecular formula is C21H21N3O3. The molecule has 0 spiro atoms. The standard InChI is InChI=1S/C21H21N3O3/c1-14-7-9-16(20(25)22-14)21(26)24-12-11-18-17(13-24)23-19(27-18)10-8-15-5-3-2-4-6-15/h2-7,9H,8,10-13H2,1H3,(H,22,25). The third-order valence-electron chi connectivity index (χ3n) is 4.82. The SMILES string of the molecule is Cc1ccc(C(=O)N2CCc3oc(CCc4ccccc4)nc3C2)c(=O)[nH]1. The van der Waals surface area contributed by atoms with Crippen LogP contribution in [0.25, 0.3) is 0 Å². The lowest BCUT2D eigenvalue weighted by atomic mass is 10.1. The monoisotopic (exact) mass is 363 g/mol. The number of benzene rings is 1. The third-order valence-corrected chi connectivity index (χ3v) is 4.82. The zero-order chi connectivity index (χ0) is 18.8. The molecule has 0 atom stereocenters. The highest BCUT2D eigenvalue weighted by Gasteiger charge is 2.27. The maximum Gasteiger partial charge on any atom is 0.260 e. The fourth-order valence-electron chi connectivity index (χ4n) is 3.34. The average Bonchev–Trinajstić information content (AvgIpc) is 3.09. The molecule has 4 rings (SSSR count). The van der Waals surface area contributed by atoms with E-state index in [1.165, 1.54) is 5.56 Å². The number of oxazole rings is 1. The summed E-state index contributed by atoms with van der Waals surface area (Å²) >= 11 is 0. The van der Waals surface area contributed by atoms with Crippen LogP contribution in [0.2, 0.25) is 0 Å². The predicted molar refractivity (Wildman–Crippen MR) is 101 cm³/mol. The lowest BCUT2D eigenvalue weighted by Crippen LogP contribution is -2.38. The largest absolute Gasteiger partial charge is 0.445 e. The number of aromatic amines is 1. The molecule has 0 saturated carbocycles. The normalized spacial score (nSPS) is 13.4. The van der Waals surface area contributed by atoms with Crippen LogP contribution in [0.15, 0.2) is 51.7 Å². The first kappa shape index (κ1) is 17.3. The summed E-state index contributed by atoms with van der Waals surface area (Å²) < 4.78 is 5.88. The van der Waals surface area contributed by atoms with Crippen molar-refractivity contribution < 1.29 is 9.21 Å². The van der Waals surface area contributed by atoms with Crippen LogP contribution in [0.5, 0.6) is 0 Å². The summed E-state index contributed by atoms with van der Waals surface area (Å²) in [6.07, 6.45) is 2.20. The molecule has 138 valence electrons. The van der Waals surface area contributed by atoms with Crippen molar-refractivity contribution in [1.29, 1.82) is 0 Å². The van der Waals surface area contributed by atoms with Crippen LogP contribution < -0.4 is 5.56 Å². The number of pyridine rings is 1. The molecule has 0 bridgehead atoms. The molecule has 1 aliphatic heterocycles. The molecule has 2 aromatic heterocycles. The lowest BCUT2D eigenvalue weighted by Gasteiger charge is -2.25. The molecule has 0 aliphatic carbocycles. The van der Waals surface area contributed by atoms with E-state index in [1.54, 1.807) is 24.0 Å². The van der Waals surface area contributed by atoms with Crippen LogP contribution in [0.1, 0.15) is 39.0 Å². The molecule has 1 aliphatic rings. The quantitative estimate of drug-likeness (QED) is 0.773. The Kier molecular flexibility index (Phi) is 4.62. The van der Waals surface area contributed by atoms with Crippen molar-refractivity contribution in [2.24, 2.45) is 0 Å². The number of hydrogen-bond donors (Lipinski definition) is 1. The maximum absolute atomic E-state index is 12.7. The number of H-pyrrole nitrogens is 1. The van der Waals surface area contributed by atoms with Gasteiger partial charge in [0.15, 0.2) is 5.89 Å². The summed E-state index contributed by atoms with van der Waals surface area (Å²) in [5.74, 6) is 1.28. The summed E-state index contributed by atoms with van der Waals surface area (Å²) in [5.41, 5.74) is 2.58. The van der Waals surface area contributed by atoms with E-state index in [0.717, 1.165) is 30.0 Å². The second kappa shape index (κ2) is 7.23. The lowest BCUT2D eigenvalue weighted by molar-refractivity contribution is 0.0726. The number of aromatic nitrogens is 2. The van der Waals surface area contributed by atoms with Gasteiger partial charge in [0.2, 0.25) is 0 Å². The number of aryl methyl sites for hydroxylation is 3. The van der Waals surface area contributed by atoms with Gasteiger partial charge in [-0.25, -0.2) is 4.98 Å². The maximum atomic E-state index is 12.7. The van der Waals surface area contributed by atoms with Crippen molar-refractivity contribution in [3.63, 3.8) is 0 Å². The average molecular weight is 363 g/mol. The van der Waals surface area contributed by atoms with Crippen LogP contribution in [-0.2, 0) is 25.8 Å². The Hall–Kier alpha value is -3.15. The fraction of sp³-hybridized carbons (Fsp3) is 0.286. The van der Waals surface area contributed by atoms with Gasteiger partial charge in [0.1, 0.15) is 17.0 Å². The van der Waals surface area contributed by atoms with Gasteiger partial charge in [-0.2, -0.15) is 0 Å². The molecule has 0 radical (unpaired) electrons. The van der Waals surface area contributed by atoms with Gasteiger partial charge in [0.25, 0.3) is 11.5 Å². The van der Waals surface area contributed by atoms with Gasteiger partial charge >= 0.3 is 0 Å². The summed E-state index contributed by atoms with van der Waals surface area (Å²) in [5, 5.41) is 0. The van der Waals surface area contributed by atoms with Gasteiger partial charge in [-0.05, 0) is 31.0 Å². The van der Waals surface area contributed by atoms with E-state index in [0.29, 0.717) is 25.4 Å². The van der Waals surface area contributed by atoms with E-state index < -0.39 is 0 Å². The molecule has 1 amide bonds. The van der Waals surface area contributed by atoms with Crippen molar-refractivity contribution >= 4 is 5.91 Å². The summed E-state index contributed by atoms with van der Waals surface area (Å²) in [6, 6.07) is 13.5. The topological polar surface area (TPSA) is 79.2 Å². The van der Waals surface area contributed by atoms with E-state index in [9.17, 15) is 9.59 Å². The van der Waals surface area contributed by atoms with E-state index in [4.69, 9.17) is 4.42 Å².